The minimum Gasteiger partial charge on any atom is -0.423 e. The van der Waals surface area contributed by atoms with Crippen LogP contribution in [-0.4, -0.2) is 9.97 Å². The van der Waals surface area contributed by atoms with Gasteiger partial charge in [0.1, 0.15) is 11.6 Å². The van der Waals surface area contributed by atoms with Crippen molar-refractivity contribution < 1.29 is 9.13 Å². The van der Waals surface area contributed by atoms with Crippen molar-refractivity contribution in [3.8, 4) is 11.8 Å². The van der Waals surface area contributed by atoms with E-state index in [2.05, 4.69) is 9.97 Å². The maximum atomic E-state index is 12.9. The Morgan fingerprint density at radius 3 is 2.78 bits per heavy atom. The van der Waals surface area contributed by atoms with Crippen LogP contribution in [0.1, 0.15) is 11.3 Å². The van der Waals surface area contributed by atoms with E-state index in [1.54, 1.807) is 13.1 Å². The molecule has 0 unspecified atom stereocenters. The Balaban J connectivity index is 2.26. The average Bonchev–Trinajstić information content (AvgIpc) is 2.33. The van der Waals surface area contributed by atoms with Crippen molar-refractivity contribution in [2.75, 3.05) is 0 Å². The van der Waals surface area contributed by atoms with Gasteiger partial charge < -0.3 is 4.74 Å². The van der Waals surface area contributed by atoms with Gasteiger partial charge in [-0.05, 0) is 25.1 Å². The summed E-state index contributed by atoms with van der Waals surface area (Å²) in [4.78, 5) is 8.13. The Labute approximate surface area is 114 Å². The molecule has 6 heteroatoms. The monoisotopic (exact) mass is 286 g/mol. The molecule has 0 N–H and O–H groups in total. The molecule has 0 bridgehead atoms. The fourth-order valence-electron chi connectivity index (χ4n) is 1.31. The minimum absolute atomic E-state index is 0.148. The third-order valence-corrected chi connectivity index (χ3v) is 2.88. The second-order valence-corrected chi connectivity index (χ2v) is 4.25. The summed E-state index contributed by atoms with van der Waals surface area (Å²) < 4.78 is 18.2. The van der Waals surface area contributed by atoms with Crippen molar-refractivity contribution >= 4 is 23.2 Å². The Hall–Kier alpha value is -1.39. The maximum Gasteiger partial charge on any atom is 0.322 e. The number of halogens is 3. The molecule has 1 heterocycles. The summed E-state index contributed by atoms with van der Waals surface area (Å²) >= 11 is 11.5. The van der Waals surface area contributed by atoms with Gasteiger partial charge in [0.05, 0.1) is 10.9 Å². The van der Waals surface area contributed by atoms with E-state index in [9.17, 15) is 4.39 Å². The van der Waals surface area contributed by atoms with Crippen molar-refractivity contribution in [1.29, 1.82) is 0 Å². The molecule has 94 valence electrons. The van der Waals surface area contributed by atoms with E-state index < -0.39 is 5.82 Å². The zero-order valence-corrected chi connectivity index (χ0v) is 11.0. The molecule has 2 rings (SSSR count). The van der Waals surface area contributed by atoms with Gasteiger partial charge in [-0.1, -0.05) is 11.6 Å². The lowest BCUT2D eigenvalue weighted by molar-refractivity contribution is 0.438. The third-order valence-electron chi connectivity index (χ3n) is 2.30. The van der Waals surface area contributed by atoms with Crippen LogP contribution in [0.15, 0.2) is 24.4 Å². The van der Waals surface area contributed by atoms with Crippen molar-refractivity contribution in [2.45, 2.75) is 12.8 Å². The van der Waals surface area contributed by atoms with E-state index in [-0.39, 0.29) is 11.0 Å². The summed E-state index contributed by atoms with van der Waals surface area (Å²) in [5.74, 6) is 0.210. The summed E-state index contributed by atoms with van der Waals surface area (Å²) in [5, 5.41) is 0.165. The van der Waals surface area contributed by atoms with Gasteiger partial charge in [0.15, 0.2) is 0 Å². The highest BCUT2D eigenvalue weighted by Gasteiger charge is 2.08. The highest BCUT2D eigenvalue weighted by Crippen LogP contribution is 2.28. The zero-order valence-electron chi connectivity index (χ0n) is 9.45. The molecule has 0 aliphatic heterocycles. The lowest BCUT2D eigenvalue weighted by Gasteiger charge is -2.07. The molecular weight excluding hydrogens is 278 g/mol. The van der Waals surface area contributed by atoms with Gasteiger partial charge in [0.2, 0.25) is 0 Å². The van der Waals surface area contributed by atoms with E-state index in [0.29, 0.717) is 11.6 Å². The van der Waals surface area contributed by atoms with Crippen molar-refractivity contribution in [3.63, 3.8) is 0 Å². The first-order valence-corrected chi connectivity index (χ1v) is 6.03. The smallest absolute Gasteiger partial charge is 0.322 e. The number of alkyl halides is 1. The van der Waals surface area contributed by atoms with Gasteiger partial charge in [-0.15, -0.1) is 11.6 Å². The van der Waals surface area contributed by atoms with Crippen LogP contribution in [0.3, 0.4) is 0 Å². The fraction of sp³-hybridized carbons (Fsp3) is 0.167. The molecule has 1 aromatic heterocycles. The Bertz CT molecular complexity index is 578. The van der Waals surface area contributed by atoms with Gasteiger partial charge >= 0.3 is 6.01 Å². The van der Waals surface area contributed by atoms with Crippen molar-refractivity contribution in [2.24, 2.45) is 0 Å². The summed E-state index contributed by atoms with van der Waals surface area (Å²) in [5.41, 5.74) is 1.56. The number of nitrogens with zero attached hydrogens (tertiary/aromatic N) is 2. The first kappa shape index (κ1) is 13.1. The van der Waals surface area contributed by atoms with Crippen LogP contribution in [0.4, 0.5) is 4.39 Å². The van der Waals surface area contributed by atoms with Crippen molar-refractivity contribution in [3.05, 3.63) is 46.5 Å². The SMILES string of the molecule is Cc1nc(Oc2ccc(F)cc2Cl)ncc1CCl. The molecule has 2 aromatic rings. The van der Waals surface area contributed by atoms with Crippen LogP contribution < -0.4 is 4.74 Å². The molecule has 0 saturated carbocycles. The molecule has 0 aliphatic carbocycles. The lowest BCUT2D eigenvalue weighted by atomic mass is 10.3. The van der Waals surface area contributed by atoms with E-state index in [1.807, 2.05) is 0 Å². The van der Waals surface area contributed by atoms with Crippen LogP contribution in [0.25, 0.3) is 0 Å². The number of rotatable bonds is 3. The normalized spacial score (nSPS) is 10.4. The average molecular weight is 287 g/mol. The second-order valence-electron chi connectivity index (χ2n) is 3.57. The number of aryl methyl sites for hydroxylation is 1. The quantitative estimate of drug-likeness (QED) is 0.797. The topological polar surface area (TPSA) is 35.0 Å². The predicted octanol–water partition coefficient (Wildman–Crippen LogP) is 4.11. The summed E-state index contributed by atoms with van der Waals surface area (Å²) in [7, 11) is 0. The molecule has 0 amide bonds. The molecule has 1 aromatic carbocycles. The van der Waals surface area contributed by atoms with Crippen LogP contribution in [0.2, 0.25) is 5.02 Å². The van der Waals surface area contributed by atoms with E-state index >= 15 is 0 Å². The summed E-state index contributed by atoms with van der Waals surface area (Å²) in [6.07, 6.45) is 1.59. The third kappa shape index (κ3) is 2.89. The van der Waals surface area contributed by atoms with E-state index in [4.69, 9.17) is 27.9 Å². The Morgan fingerprint density at radius 1 is 1.39 bits per heavy atom. The molecule has 0 aliphatic rings. The molecule has 0 fully saturated rings. The van der Waals surface area contributed by atoms with Crippen LogP contribution in [0, 0.1) is 12.7 Å². The van der Waals surface area contributed by atoms with E-state index in [0.717, 1.165) is 17.3 Å². The largest absolute Gasteiger partial charge is 0.423 e. The van der Waals surface area contributed by atoms with Crippen LogP contribution >= 0.6 is 23.2 Å². The predicted molar refractivity (Wildman–Crippen MR) is 67.8 cm³/mol. The highest BCUT2D eigenvalue weighted by molar-refractivity contribution is 6.32. The molecule has 18 heavy (non-hydrogen) atoms. The number of hydrogen-bond donors (Lipinski definition) is 0. The second kappa shape index (κ2) is 5.50. The van der Waals surface area contributed by atoms with Gasteiger partial charge in [-0.3, -0.25) is 0 Å². The minimum atomic E-state index is -0.429. The number of benzene rings is 1. The summed E-state index contributed by atoms with van der Waals surface area (Å²) in [6, 6.07) is 3.99. The van der Waals surface area contributed by atoms with Crippen LogP contribution in [-0.2, 0) is 5.88 Å². The van der Waals surface area contributed by atoms with Crippen molar-refractivity contribution in [1.82, 2.24) is 9.97 Å². The Kier molecular flexibility index (Phi) is 3.99. The number of hydrogen-bond acceptors (Lipinski definition) is 3. The molecule has 0 saturated heterocycles. The van der Waals surface area contributed by atoms with Gasteiger partial charge in [-0.25, -0.2) is 9.37 Å². The number of ether oxygens (including phenoxy) is 1. The van der Waals surface area contributed by atoms with Gasteiger partial charge in [0, 0.05) is 17.5 Å². The summed E-state index contributed by atoms with van der Waals surface area (Å²) in [6.45, 7) is 1.80. The van der Waals surface area contributed by atoms with E-state index in [1.165, 1.54) is 12.1 Å². The fourth-order valence-corrected chi connectivity index (χ4v) is 1.78. The lowest BCUT2D eigenvalue weighted by Crippen LogP contribution is -1.97. The standard InChI is InChI=1S/C12H9Cl2FN2O/c1-7-8(5-13)6-16-12(17-7)18-11-3-2-9(15)4-10(11)14/h2-4,6H,5H2,1H3. The molecule has 0 spiro atoms. The number of aromatic nitrogens is 2. The molecule has 0 atom stereocenters. The highest BCUT2D eigenvalue weighted by atomic mass is 35.5. The zero-order chi connectivity index (χ0) is 13.1. The van der Waals surface area contributed by atoms with Crippen LogP contribution in [0.5, 0.6) is 11.8 Å². The molecule has 0 radical (unpaired) electrons. The molecule has 3 nitrogen and oxygen atoms in total. The van der Waals surface area contributed by atoms with Gasteiger partial charge in [-0.2, -0.15) is 4.98 Å². The first-order chi connectivity index (χ1) is 8.60. The Morgan fingerprint density at radius 2 is 2.17 bits per heavy atom. The first-order valence-electron chi connectivity index (χ1n) is 5.11. The maximum absolute atomic E-state index is 12.9. The van der Waals surface area contributed by atoms with Gasteiger partial charge in [0.25, 0.3) is 0 Å². The molecular formula is C12H9Cl2FN2O.